The van der Waals surface area contributed by atoms with Crippen molar-refractivity contribution in [1.29, 1.82) is 0 Å². The van der Waals surface area contributed by atoms with Crippen molar-refractivity contribution in [3.63, 3.8) is 0 Å². The SMILES string of the molecule is COc1c(NC(=O)c2cc3cccc(Oc4ccccn4)c3n2C)cc(C2(C)CC2)cc1NS(C)(=O)=O. The number of fused-ring (bicyclic) bond motifs is 1. The molecule has 192 valence electrons. The van der Waals surface area contributed by atoms with Crippen molar-refractivity contribution >= 4 is 38.2 Å². The van der Waals surface area contributed by atoms with Gasteiger partial charge in [-0.15, -0.1) is 0 Å². The summed E-state index contributed by atoms with van der Waals surface area (Å²) in [7, 11) is -0.340. The summed E-state index contributed by atoms with van der Waals surface area (Å²) in [6, 6.07) is 16.4. The number of pyridine rings is 1. The van der Waals surface area contributed by atoms with Crippen LogP contribution in [0.15, 0.2) is 60.8 Å². The van der Waals surface area contributed by atoms with E-state index in [1.807, 2.05) is 36.4 Å². The second-order valence-corrected chi connectivity index (χ2v) is 11.3. The Morgan fingerprint density at radius 3 is 2.49 bits per heavy atom. The minimum Gasteiger partial charge on any atom is -0.492 e. The summed E-state index contributed by atoms with van der Waals surface area (Å²) in [5.41, 5.74) is 2.67. The highest BCUT2D eigenvalue weighted by atomic mass is 32.2. The minimum absolute atomic E-state index is 0.0724. The number of carbonyl (C=O) groups is 1. The van der Waals surface area contributed by atoms with Crippen LogP contribution in [0.25, 0.3) is 10.9 Å². The number of nitrogens with zero attached hydrogens (tertiary/aromatic N) is 2. The summed E-state index contributed by atoms with van der Waals surface area (Å²) < 4.78 is 39.9. The number of anilines is 2. The van der Waals surface area contributed by atoms with Gasteiger partial charge in [0.2, 0.25) is 15.9 Å². The zero-order valence-corrected chi connectivity index (χ0v) is 21.8. The molecule has 1 saturated carbocycles. The number of aryl methyl sites for hydroxylation is 1. The Balaban J connectivity index is 1.53. The molecule has 0 atom stereocenters. The average Bonchev–Trinajstić information content (AvgIpc) is 3.50. The van der Waals surface area contributed by atoms with Gasteiger partial charge in [0.1, 0.15) is 5.69 Å². The van der Waals surface area contributed by atoms with E-state index in [0.29, 0.717) is 23.0 Å². The lowest BCUT2D eigenvalue weighted by atomic mass is 9.96. The van der Waals surface area contributed by atoms with Crippen molar-refractivity contribution in [3.05, 3.63) is 72.1 Å². The molecule has 0 bridgehead atoms. The van der Waals surface area contributed by atoms with Gasteiger partial charge in [0.15, 0.2) is 11.5 Å². The van der Waals surface area contributed by atoms with E-state index in [-0.39, 0.29) is 22.8 Å². The van der Waals surface area contributed by atoms with Crippen LogP contribution in [-0.4, -0.2) is 37.2 Å². The number of amides is 1. The number of rotatable bonds is 8. The van der Waals surface area contributed by atoms with Crippen LogP contribution in [0.5, 0.6) is 17.4 Å². The van der Waals surface area contributed by atoms with Crippen molar-refractivity contribution in [3.8, 4) is 17.4 Å². The topological polar surface area (TPSA) is 112 Å². The van der Waals surface area contributed by atoms with E-state index in [0.717, 1.165) is 35.6 Å². The maximum absolute atomic E-state index is 13.5. The molecule has 0 spiro atoms. The summed E-state index contributed by atoms with van der Waals surface area (Å²) in [5.74, 6) is 0.885. The smallest absolute Gasteiger partial charge is 0.272 e. The molecular formula is C27H28N4O5S. The molecule has 1 aliphatic carbocycles. The zero-order valence-electron chi connectivity index (χ0n) is 21.0. The van der Waals surface area contributed by atoms with Crippen LogP contribution < -0.4 is 19.5 Å². The van der Waals surface area contributed by atoms with Gasteiger partial charge < -0.3 is 19.4 Å². The number of benzene rings is 2. The molecule has 1 amide bonds. The van der Waals surface area contributed by atoms with Gasteiger partial charge in [-0.2, -0.15) is 0 Å². The number of carbonyl (C=O) groups excluding carboxylic acids is 1. The zero-order chi connectivity index (χ0) is 26.4. The Kier molecular flexibility index (Phi) is 6.07. The molecule has 4 aromatic rings. The van der Waals surface area contributed by atoms with Crippen LogP contribution in [0.2, 0.25) is 0 Å². The largest absolute Gasteiger partial charge is 0.492 e. The van der Waals surface area contributed by atoms with Gasteiger partial charge in [0.25, 0.3) is 5.91 Å². The molecule has 0 unspecified atom stereocenters. The van der Waals surface area contributed by atoms with Crippen molar-refractivity contribution in [2.24, 2.45) is 7.05 Å². The average molecular weight is 521 g/mol. The van der Waals surface area contributed by atoms with Crippen LogP contribution in [0, 0.1) is 0 Å². The minimum atomic E-state index is -3.57. The van der Waals surface area contributed by atoms with E-state index in [4.69, 9.17) is 9.47 Å². The highest BCUT2D eigenvalue weighted by Gasteiger charge is 2.40. The van der Waals surface area contributed by atoms with Gasteiger partial charge in [-0.1, -0.05) is 25.1 Å². The monoisotopic (exact) mass is 520 g/mol. The molecule has 9 nitrogen and oxygen atoms in total. The number of aromatic nitrogens is 2. The fourth-order valence-electron chi connectivity index (χ4n) is 4.43. The van der Waals surface area contributed by atoms with Crippen LogP contribution in [0.1, 0.15) is 35.8 Å². The van der Waals surface area contributed by atoms with Crippen LogP contribution in [0.3, 0.4) is 0 Å². The maximum Gasteiger partial charge on any atom is 0.272 e. The lowest BCUT2D eigenvalue weighted by molar-refractivity contribution is 0.101. The summed E-state index contributed by atoms with van der Waals surface area (Å²) >= 11 is 0. The summed E-state index contributed by atoms with van der Waals surface area (Å²) in [5, 5.41) is 3.77. The van der Waals surface area contributed by atoms with E-state index in [2.05, 4.69) is 21.9 Å². The lowest BCUT2D eigenvalue weighted by Gasteiger charge is -2.19. The number of ether oxygens (including phenoxy) is 2. The van der Waals surface area contributed by atoms with Crippen LogP contribution in [0.4, 0.5) is 11.4 Å². The Labute approximate surface area is 215 Å². The van der Waals surface area contributed by atoms with Crippen LogP contribution >= 0.6 is 0 Å². The summed E-state index contributed by atoms with van der Waals surface area (Å²) in [6.07, 6.45) is 4.69. The third-order valence-corrected chi connectivity index (χ3v) is 7.23. The summed E-state index contributed by atoms with van der Waals surface area (Å²) in [4.78, 5) is 17.8. The van der Waals surface area contributed by atoms with E-state index in [9.17, 15) is 13.2 Å². The third kappa shape index (κ3) is 4.97. The first-order valence-electron chi connectivity index (χ1n) is 11.8. The number of para-hydroxylation sites is 1. The Hall–Kier alpha value is -4.05. The molecule has 1 fully saturated rings. The first-order valence-corrected chi connectivity index (χ1v) is 13.7. The first-order chi connectivity index (χ1) is 17.6. The molecule has 2 aromatic carbocycles. The molecule has 2 heterocycles. The molecule has 0 aliphatic heterocycles. The van der Waals surface area contributed by atoms with Gasteiger partial charge in [0, 0.05) is 24.7 Å². The Morgan fingerprint density at radius 2 is 1.84 bits per heavy atom. The highest BCUT2D eigenvalue weighted by molar-refractivity contribution is 7.92. The third-order valence-electron chi connectivity index (χ3n) is 6.64. The molecule has 10 heteroatoms. The predicted molar refractivity (Wildman–Crippen MR) is 143 cm³/mol. The second-order valence-electron chi connectivity index (χ2n) is 9.55. The number of hydrogen-bond donors (Lipinski definition) is 2. The van der Waals surface area contributed by atoms with E-state index >= 15 is 0 Å². The Bertz CT molecular complexity index is 1610. The standard InChI is InChI=1S/C27H28N4O5S/c1-27(11-12-27)18-15-19(25(35-3)20(16-18)30-37(4,33)34)29-26(32)21-14-17-8-7-9-22(24(17)31(21)2)36-23-10-5-6-13-28-23/h5-10,13-16,30H,11-12H2,1-4H3,(H,29,32). The molecule has 0 radical (unpaired) electrons. The van der Waals surface area contributed by atoms with E-state index in [1.54, 1.807) is 36.0 Å². The van der Waals surface area contributed by atoms with Gasteiger partial charge in [-0.05, 0) is 54.2 Å². The fraction of sp³-hybridized carbons (Fsp3) is 0.259. The molecule has 0 saturated heterocycles. The first kappa shape index (κ1) is 24.6. The Morgan fingerprint density at radius 1 is 1.08 bits per heavy atom. The molecule has 2 aromatic heterocycles. The normalized spacial score (nSPS) is 14.3. The number of hydrogen-bond acceptors (Lipinski definition) is 6. The van der Waals surface area contributed by atoms with Gasteiger partial charge in [0.05, 0.1) is 30.3 Å². The lowest BCUT2D eigenvalue weighted by Crippen LogP contribution is -2.18. The van der Waals surface area contributed by atoms with E-state index < -0.39 is 10.0 Å². The summed E-state index contributed by atoms with van der Waals surface area (Å²) in [6.45, 7) is 2.11. The molecule has 2 N–H and O–H groups in total. The molecular weight excluding hydrogens is 492 g/mol. The molecule has 5 rings (SSSR count). The maximum atomic E-state index is 13.5. The van der Waals surface area contributed by atoms with Gasteiger partial charge >= 0.3 is 0 Å². The van der Waals surface area contributed by atoms with E-state index in [1.165, 1.54) is 7.11 Å². The fourth-order valence-corrected chi connectivity index (χ4v) is 4.98. The predicted octanol–water partition coefficient (Wildman–Crippen LogP) is 5.05. The van der Waals surface area contributed by atoms with Gasteiger partial charge in [-0.3, -0.25) is 9.52 Å². The quantitative estimate of drug-likeness (QED) is 0.336. The van der Waals surface area contributed by atoms with Crippen molar-refractivity contribution < 1.29 is 22.7 Å². The number of nitrogens with one attached hydrogen (secondary N) is 2. The molecule has 1 aliphatic rings. The highest BCUT2D eigenvalue weighted by Crippen LogP contribution is 2.51. The van der Waals surface area contributed by atoms with Crippen molar-refractivity contribution in [2.75, 3.05) is 23.4 Å². The van der Waals surface area contributed by atoms with Crippen LogP contribution in [-0.2, 0) is 22.5 Å². The van der Waals surface area contributed by atoms with Crippen molar-refractivity contribution in [2.45, 2.75) is 25.2 Å². The molecule has 37 heavy (non-hydrogen) atoms. The number of sulfonamides is 1. The van der Waals surface area contributed by atoms with Gasteiger partial charge in [-0.25, -0.2) is 13.4 Å². The second kappa shape index (κ2) is 9.11. The number of methoxy groups -OCH3 is 1. The van der Waals surface area contributed by atoms with Crippen molar-refractivity contribution in [1.82, 2.24) is 9.55 Å².